The zero-order chi connectivity index (χ0) is 42.5. The van der Waals surface area contributed by atoms with Crippen molar-refractivity contribution >= 4 is 40.7 Å². The minimum Gasteiger partial charge on any atom is -0.455 e. The molecule has 10 rings (SSSR count). The Balaban J connectivity index is 1.04. The normalized spacial score (nSPS) is 13.0. The van der Waals surface area contributed by atoms with Crippen LogP contribution in [0.3, 0.4) is 0 Å². The van der Waals surface area contributed by atoms with E-state index < -0.39 is 23.6 Å². The summed E-state index contributed by atoms with van der Waals surface area (Å²) in [6.45, 7) is 2.01. The SMILES string of the molecule is Cc1ccc(-c2ccc3c(c2)C(=O)N(c2ccc(-c4cc(Oc5ccccc5)c(N5C(=O)c6ccc(-c7ccc(N)cc7)cc6C5=O)c(Oc5ccccc5)c4)cc2)C3=O)cc1. The Morgan fingerprint density at radius 1 is 0.387 bits per heavy atom. The van der Waals surface area contributed by atoms with Crippen LogP contribution >= 0.6 is 0 Å². The van der Waals surface area contributed by atoms with E-state index in [1.165, 1.54) is 4.90 Å². The lowest BCUT2D eigenvalue weighted by Crippen LogP contribution is -2.30. The number of rotatable bonds is 9. The molecule has 0 saturated heterocycles. The van der Waals surface area contributed by atoms with Gasteiger partial charge in [0, 0.05) is 5.69 Å². The molecule has 0 aromatic heterocycles. The van der Waals surface area contributed by atoms with Crippen molar-refractivity contribution in [2.45, 2.75) is 6.92 Å². The number of amides is 4. The zero-order valence-electron chi connectivity index (χ0n) is 33.2. The maximum atomic E-state index is 14.5. The van der Waals surface area contributed by atoms with Gasteiger partial charge in [-0.25, -0.2) is 9.80 Å². The molecule has 8 aromatic carbocycles. The number of hydrogen-bond donors (Lipinski definition) is 1. The molecule has 0 saturated carbocycles. The number of nitrogen functional groups attached to an aromatic ring is 1. The highest BCUT2D eigenvalue weighted by Crippen LogP contribution is 2.48. The number of aryl methyl sites for hydroxylation is 1. The topological polar surface area (TPSA) is 119 Å². The molecule has 4 amide bonds. The van der Waals surface area contributed by atoms with Crippen LogP contribution in [0.25, 0.3) is 33.4 Å². The molecule has 0 spiro atoms. The number of anilines is 3. The predicted octanol–water partition coefficient (Wildman–Crippen LogP) is 11.8. The van der Waals surface area contributed by atoms with Crippen molar-refractivity contribution < 1.29 is 28.7 Å². The number of para-hydroxylation sites is 2. The number of fused-ring (bicyclic) bond motifs is 2. The second-order valence-corrected chi connectivity index (χ2v) is 15.1. The van der Waals surface area contributed by atoms with Gasteiger partial charge in [0.2, 0.25) is 0 Å². The van der Waals surface area contributed by atoms with Crippen LogP contribution in [-0.4, -0.2) is 23.6 Å². The molecule has 0 bridgehead atoms. The summed E-state index contributed by atoms with van der Waals surface area (Å²) in [5.74, 6) is -0.597. The molecule has 0 aliphatic carbocycles. The summed E-state index contributed by atoms with van der Waals surface area (Å²) in [7, 11) is 0. The van der Waals surface area contributed by atoms with Gasteiger partial charge >= 0.3 is 0 Å². The molecule has 2 N–H and O–H groups in total. The Labute approximate surface area is 356 Å². The molecule has 2 aliphatic rings. The molecule has 9 nitrogen and oxygen atoms in total. The highest BCUT2D eigenvalue weighted by Gasteiger charge is 2.41. The molecule has 62 heavy (non-hydrogen) atoms. The van der Waals surface area contributed by atoms with Crippen molar-refractivity contribution in [1.29, 1.82) is 0 Å². The second-order valence-electron chi connectivity index (χ2n) is 15.1. The number of imide groups is 2. The van der Waals surface area contributed by atoms with Gasteiger partial charge in [-0.05, 0) is 125 Å². The van der Waals surface area contributed by atoms with Crippen LogP contribution in [0.1, 0.15) is 47.0 Å². The van der Waals surface area contributed by atoms with Gasteiger partial charge in [-0.1, -0.05) is 103 Å². The van der Waals surface area contributed by atoms with Gasteiger partial charge in [-0.15, -0.1) is 0 Å². The first kappa shape index (κ1) is 37.7. The van der Waals surface area contributed by atoms with Gasteiger partial charge in [-0.3, -0.25) is 19.2 Å². The summed E-state index contributed by atoms with van der Waals surface area (Å²) in [5.41, 5.74) is 14.0. The molecule has 2 aliphatic heterocycles. The first-order chi connectivity index (χ1) is 30.2. The summed E-state index contributed by atoms with van der Waals surface area (Å²) < 4.78 is 13.1. The number of nitrogens with zero attached hydrogens (tertiary/aromatic N) is 2. The van der Waals surface area contributed by atoms with E-state index in [1.54, 1.807) is 103 Å². The first-order valence-electron chi connectivity index (χ1n) is 19.9. The van der Waals surface area contributed by atoms with E-state index in [-0.39, 0.29) is 28.3 Å². The highest BCUT2D eigenvalue weighted by atomic mass is 16.5. The van der Waals surface area contributed by atoms with Crippen molar-refractivity contribution in [3.05, 3.63) is 210 Å². The minimum absolute atomic E-state index is 0.120. The monoisotopic (exact) mass is 809 g/mol. The number of nitrogens with two attached hydrogens (primary N) is 1. The number of carbonyl (C=O) groups excluding carboxylic acids is 4. The van der Waals surface area contributed by atoms with Crippen LogP contribution in [0, 0.1) is 6.92 Å². The Morgan fingerprint density at radius 2 is 0.790 bits per heavy atom. The molecule has 0 unspecified atom stereocenters. The van der Waals surface area contributed by atoms with Crippen LogP contribution in [0.2, 0.25) is 0 Å². The molecule has 8 aromatic rings. The molecule has 298 valence electrons. The quantitative estimate of drug-likeness (QED) is 0.114. The van der Waals surface area contributed by atoms with Crippen molar-refractivity contribution in [3.63, 3.8) is 0 Å². The first-order valence-corrected chi connectivity index (χ1v) is 19.9. The van der Waals surface area contributed by atoms with E-state index >= 15 is 0 Å². The van der Waals surface area contributed by atoms with E-state index in [9.17, 15) is 19.2 Å². The Bertz CT molecular complexity index is 3030. The van der Waals surface area contributed by atoms with Crippen LogP contribution < -0.4 is 25.0 Å². The van der Waals surface area contributed by atoms with Crippen molar-refractivity contribution in [2.75, 3.05) is 15.5 Å². The van der Waals surface area contributed by atoms with Gasteiger partial charge in [0.1, 0.15) is 17.2 Å². The number of hydrogen-bond acceptors (Lipinski definition) is 7. The fourth-order valence-corrected chi connectivity index (χ4v) is 7.86. The lowest BCUT2D eigenvalue weighted by molar-refractivity contribution is 0.0909. The van der Waals surface area contributed by atoms with Crippen LogP contribution in [0.15, 0.2) is 182 Å². The maximum absolute atomic E-state index is 14.5. The third kappa shape index (κ3) is 6.73. The Hall–Kier alpha value is -8.56. The Morgan fingerprint density at radius 3 is 1.31 bits per heavy atom. The van der Waals surface area contributed by atoms with Gasteiger partial charge in [0.25, 0.3) is 23.6 Å². The third-order valence-electron chi connectivity index (χ3n) is 11.1. The third-order valence-corrected chi connectivity index (χ3v) is 11.1. The van der Waals surface area contributed by atoms with E-state index in [4.69, 9.17) is 15.2 Å². The minimum atomic E-state index is -0.540. The fraction of sp³-hybridized carbons (Fsp3) is 0.0189. The number of ether oxygens (including phenoxy) is 2. The van der Waals surface area contributed by atoms with Crippen molar-refractivity contribution in [2.24, 2.45) is 0 Å². The molecular weight excluding hydrogens is 775 g/mol. The van der Waals surface area contributed by atoms with E-state index in [0.29, 0.717) is 45.1 Å². The van der Waals surface area contributed by atoms with E-state index in [0.717, 1.165) is 32.7 Å². The summed E-state index contributed by atoms with van der Waals surface area (Å²) >= 11 is 0. The molecular formula is C53H35N3O6. The van der Waals surface area contributed by atoms with Gasteiger partial charge in [-0.2, -0.15) is 0 Å². The van der Waals surface area contributed by atoms with Crippen molar-refractivity contribution in [3.8, 4) is 56.4 Å². The molecule has 2 heterocycles. The average molecular weight is 810 g/mol. The van der Waals surface area contributed by atoms with E-state index in [1.807, 2.05) is 85.8 Å². The summed E-state index contributed by atoms with van der Waals surface area (Å²) in [4.78, 5) is 58.7. The predicted molar refractivity (Wildman–Crippen MR) is 240 cm³/mol. The lowest BCUT2D eigenvalue weighted by Gasteiger charge is -2.23. The number of carbonyl (C=O) groups is 4. The Kier molecular flexibility index (Phi) is 9.26. The van der Waals surface area contributed by atoms with E-state index in [2.05, 4.69) is 0 Å². The smallest absolute Gasteiger partial charge is 0.266 e. The van der Waals surface area contributed by atoms with Crippen LogP contribution in [0.4, 0.5) is 17.1 Å². The maximum Gasteiger partial charge on any atom is 0.266 e. The summed E-state index contributed by atoms with van der Waals surface area (Å²) in [6, 6.07) is 54.4. The molecule has 0 fully saturated rings. The largest absolute Gasteiger partial charge is 0.455 e. The van der Waals surface area contributed by atoms with Crippen LogP contribution in [0.5, 0.6) is 23.0 Å². The molecule has 0 radical (unpaired) electrons. The van der Waals surface area contributed by atoms with Gasteiger partial charge < -0.3 is 15.2 Å². The standard InChI is InChI=1S/C53H35N3O6/c1-32-12-14-33(15-13-32)36-20-26-43-45(28-36)52(59)55(50(43)57)40-24-18-35(19-25-40)38-30-47(61-41-8-4-2-5-9-41)49(48(31-38)62-42-10-6-3-7-11-42)56-51(58)44-27-21-37(29-46(44)53(56)60)34-16-22-39(54)23-17-34/h2-31H,54H2,1H3. The molecule has 9 heteroatoms. The van der Waals surface area contributed by atoms with Crippen molar-refractivity contribution in [1.82, 2.24) is 0 Å². The fourth-order valence-electron chi connectivity index (χ4n) is 7.86. The molecule has 0 atom stereocenters. The lowest BCUT2D eigenvalue weighted by atomic mass is 9.99. The zero-order valence-corrected chi connectivity index (χ0v) is 33.2. The average Bonchev–Trinajstić information content (AvgIpc) is 3.70. The van der Waals surface area contributed by atoms with Crippen LogP contribution in [-0.2, 0) is 0 Å². The van der Waals surface area contributed by atoms with Gasteiger partial charge in [0.05, 0.1) is 27.9 Å². The second kappa shape index (κ2) is 15.2. The summed E-state index contributed by atoms with van der Waals surface area (Å²) in [5, 5.41) is 0. The highest BCUT2D eigenvalue weighted by molar-refractivity contribution is 6.36. The summed E-state index contributed by atoms with van der Waals surface area (Å²) in [6.07, 6.45) is 0. The number of benzene rings is 8. The van der Waals surface area contributed by atoms with Gasteiger partial charge in [0.15, 0.2) is 11.5 Å².